The summed E-state index contributed by atoms with van der Waals surface area (Å²) in [6.07, 6.45) is 0.439. The van der Waals surface area contributed by atoms with Crippen molar-refractivity contribution in [1.29, 1.82) is 5.26 Å². The minimum Gasteiger partial charge on any atom is -0.388 e. The number of nitro groups is 1. The largest absolute Gasteiger partial charge is 0.388 e. The Morgan fingerprint density at radius 1 is 1.60 bits per heavy atom. The van der Waals surface area contributed by atoms with Crippen molar-refractivity contribution in [3.63, 3.8) is 0 Å². The van der Waals surface area contributed by atoms with Crippen LogP contribution in [-0.2, 0) is 4.74 Å². The summed E-state index contributed by atoms with van der Waals surface area (Å²) in [5.74, 6) is 0. The van der Waals surface area contributed by atoms with Gasteiger partial charge in [0, 0.05) is 38.4 Å². The van der Waals surface area contributed by atoms with Gasteiger partial charge in [0.15, 0.2) is 0 Å². The Kier molecular flexibility index (Phi) is 5.43. The summed E-state index contributed by atoms with van der Waals surface area (Å²) in [4.78, 5) is 10.2. The van der Waals surface area contributed by atoms with Crippen molar-refractivity contribution in [3.05, 3.63) is 33.9 Å². The van der Waals surface area contributed by atoms with E-state index in [4.69, 9.17) is 10.00 Å². The van der Waals surface area contributed by atoms with Gasteiger partial charge in [-0.25, -0.2) is 0 Å². The molecule has 0 saturated heterocycles. The van der Waals surface area contributed by atoms with Crippen LogP contribution in [0.3, 0.4) is 0 Å². The Balaban J connectivity index is 2.77. The van der Waals surface area contributed by atoms with Gasteiger partial charge in [0.05, 0.1) is 10.5 Å². The Hall–Kier alpha value is -2.17. The molecule has 1 aromatic rings. The second kappa shape index (κ2) is 6.84. The zero-order valence-corrected chi connectivity index (χ0v) is 11.4. The van der Waals surface area contributed by atoms with Crippen LogP contribution in [0.1, 0.15) is 18.9 Å². The number of nitriles is 1. The number of methoxy groups -OCH3 is 1. The van der Waals surface area contributed by atoms with Gasteiger partial charge in [-0.3, -0.25) is 10.1 Å². The lowest BCUT2D eigenvalue weighted by atomic mass is 10.0. The number of nitrogens with one attached hydrogen (secondary N) is 1. The van der Waals surface area contributed by atoms with E-state index in [9.17, 15) is 15.2 Å². The maximum Gasteiger partial charge on any atom is 0.289 e. The molecular weight excluding hydrogens is 262 g/mol. The third-order valence-electron chi connectivity index (χ3n) is 2.83. The van der Waals surface area contributed by atoms with Crippen molar-refractivity contribution in [1.82, 2.24) is 0 Å². The second-order valence-electron chi connectivity index (χ2n) is 4.69. The molecule has 1 atom stereocenters. The lowest BCUT2D eigenvalue weighted by Gasteiger charge is -2.23. The Morgan fingerprint density at radius 3 is 2.85 bits per heavy atom. The molecule has 0 aromatic heterocycles. The molecule has 1 rings (SSSR count). The smallest absolute Gasteiger partial charge is 0.289 e. The predicted octanol–water partition coefficient (Wildman–Crippen LogP) is 1.67. The lowest BCUT2D eigenvalue weighted by Crippen LogP contribution is -2.34. The minimum atomic E-state index is -0.987. The van der Waals surface area contributed by atoms with E-state index in [1.807, 2.05) is 0 Å². The molecule has 0 heterocycles. The highest BCUT2D eigenvalue weighted by atomic mass is 16.6. The molecule has 0 aliphatic carbocycles. The van der Waals surface area contributed by atoms with Gasteiger partial charge in [-0.05, 0) is 19.1 Å². The number of ether oxygens (including phenoxy) is 1. The van der Waals surface area contributed by atoms with Gasteiger partial charge in [-0.2, -0.15) is 5.26 Å². The predicted molar refractivity (Wildman–Crippen MR) is 73.4 cm³/mol. The van der Waals surface area contributed by atoms with E-state index >= 15 is 0 Å². The molecule has 0 fully saturated rings. The zero-order chi connectivity index (χ0) is 15.2. The number of anilines is 1. The highest BCUT2D eigenvalue weighted by Crippen LogP contribution is 2.23. The van der Waals surface area contributed by atoms with E-state index in [1.54, 1.807) is 26.2 Å². The Labute approximate surface area is 116 Å². The number of nitrogens with zero attached hydrogens (tertiary/aromatic N) is 2. The van der Waals surface area contributed by atoms with Crippen LogP contribution in [-0.4, -0.2) is 35.9 Å². The number of nitro benzene ring substituents is 1. The van der Waals surface area contributed by atoms with Crippen LogP contribution in [0.15, 0.2) is 18.2 Å². The number of benzene rings is 1. The highest BCUT2D eigenvalue weighted by molar-refractivity contribution is 5.59. The van der Waals surface area contributed by atoms with Crippen LogP contribution in [0.4, 0.5) is 11.4 Å². The third kappa shape index (κ3) is 4.50. The van der Waals surface area contributed by atoms with Crippen LogP contribution in [0.2, 0.25) is 0 Å². The Bertz CT molecular complexity index is 523. The molecule has 0 bridgehead atoms. The van der Waals surface area contributed by atoms with Gasteiger partial charge in [0.1, 0.15) is 11.6 Å². The van der Waals surface area contributed by atoms with Crippen LogP contribution in [0, 0.1) is 21.4 Å². The second-order valence-corrected chi connectivity index (χ2v) is 4.69. The van der Waals surface area contributed by atoms with Crippen molar-refractivity contribution in [3.8, 4) is 6.07 Å². The van der Waals surface area contributed by atoms with Gasteiger partial charge in [-0.1, -0.05) is 0 Å². The number of aliphatic hydroxyl groups is 1. The molecule has 0 radical (unpaired) electrons. The van der Waals surface area contributed by atoms with Crippen molar-refractivity contribution in [2.24, 2.45) is 0 Å². The maximum absolute atomic E-state index is 10.8. The number of hydrogen-bond donors (Lipinski definition) is 2. The molecule has 0 amide bonds. The van der Waals surface area contributed by atoms with Gasteiger partial charge in [0.25, 0.3) is 5.69 Å². The summed E-state index contributed by atoms with van der Waals surface area (Å²) in [7, 11) is 1.55. The van der Waals surface area contributed by atoms with Crippen LogP contribution >= 0.6 is 0 Å². The average Bonchev–Trinajstić information content (AvgIpc) is 2.42. The van der Waals surface area contributed by atoms with E-state index in [2.05, 4.69) is 5.32 Å². The van der Waals surface area contributed by atoms with Gasteiger partial charge in [-0.15, -0.1) is 0 Å². The first-order valence-electron chi connectivity index (χ1n) is 6.03. The molecule has 1 aromatic carbocycles. The summed E-state index contributed by atoms with van der Waals surface area (Å²) in [6.45, 7) is 2.29. The molecule has 0 saturated carbocycles. The lowest BCUT2D eigenvalue weighted by molar-refractivity contribution is -0.385. The fourth-order valence-corrected chi connectivity index (χ4v) is 1.59. The highest BCUT2D eigenvalue weighted by Gasteiger charge is 2.20. The number of rotatable bonds is 7. The van der Waals surface area contributed by atoms with Gasteiger partial charge >= 0.3 is 0 Å². The van der Waals surface area contributed by atoms with Crippen molar-refractivity contribution >= 4 is 11.4 Å². The fraction of sp³-hybridized carbons (Fsp3) is 0.462. The van der Waals surface area contributed by atoms with Crippen molar-refractivity contribution < 1.29 is 14.8 Å². The maximum atomic E-state index is 10.8. The molecule has 2 N–H and O–H groups in total. The molecule has 0 aliphatic heterocycles. The first-order valence-corrected chi connectivity index (χ1v) is 6.03. The van der Waals surface area contributed by atoms with E-state index in [-0.39, 0.29) is 17.8 Å². The SMILES string of the molecule is COCCC(C)(O)CNc1ccc(C#N)c([N+](=O)[O-])c1. The molecule has 0 aliphatic rings. The fourth-order valence-electron chi connectivity index (χ4n) is 1.59. The Morgan fingerprint density at radius 2 is 2.30 bits per heavy atom. The average molecular weight is 279 g/mol. The van der Waals surface area contributed by atoms with E-state index in [0.717, 1.165) is 0 Å². The van der Waals surface area contributed by atoms with Gasteiger partial charge < -0.3 is 15.2 Å². The molecule has 0 spiro atoms. The minimum absolute atomic E-state index is 0.00620. The monoisotopic (exact) mass is 279 g/mol. The van der Waals surface area contributed by atoms with Crippen LogP contribution in [0.5, 0.6) is 0 Å². The standard InChI is InChI=1S/C13H17N3O4/c1-13(17,5-6-20-2)9-15-11-4-3-10(8-14)12(7-11)16(18)19/h3-4,7,15,17H,5-6,9H2,1-2H3. The van der Waals surface area contributed by atoms with E-state index in [1.165, 1.54) is 12.1 Å². The van der Waals surface area contributed by atoms with Crippen LogP contribution in [0.25, 0.3) is 0 Å². The molecular formula is C13H17N3O4. The first kappa shape index (κ1) is 15.9. The van der Waals surface area contributed by atoms with Gasteiger partial charge in [0.2, 0.25) is 0 Å². The van der Waals surface area contributed by atoms with E-state index in [0.29, 0.717) is 18.7 Å². The van der Waals surface area contributed by atoms with E-state index < -0.39 is 10.5 Å². The van der Waals surface area contributed by atoms with Crippen LogP contribution < -0.4 is 5.32 Å². The number of hydrogen-bond acceptors (Lipinski definition) is 6. The third-order valence-corrected chi connectivity index (χ3v) is 2.83. The van der Waals surface area contributed by atoms with Crippen molar-refractivity contribution in [2.75, 3.05) is 25.6 Å². The molecule has 20 heavy (non-hydrogen) atoms. The summed E-state index contributed by atoms with van der Waals surface area (Å²) < 4.78 is 4.90. The normalized spacial score (nSPS) is 13.3. The summed E-state index contributed by atoms with van der Waals surface area (Å²) in [5.41, 5.74) is -0.757. The van der Waals surface area contributed by atoms with Crippen molar-refractivity contribution in [2.45, 2.75) is 18.9 Å². The zero-order valence-electron chi connectivity index (χ0n) is 11.4. The topological polar surface area (TPSA) is 108 Å². The molecule has 1 unspecified atom stereocenters. The first-order chi connectivity index (χ1) is 9.39. The summed E-state index contributed by atoms with van der Waals surface area (Å²) >= 11 is 0. The molecule has 108 valence electrons. The molecule has 7 heteroatoms. The summed E-state index contributed by atoms with van der Waals surface area (Å²) in [5, 5.41) is 32.6. The summed E-state index contributed by atoms with van der Waals surface area (Å²) in [6, 6.07) is 6.00. The quantitative estimate of drug-likeness (QED) is 0.580. The molecule has 7 nitrogen and oxygen atoms in total.